The SMILES string of the molecule is Cc1nc(C(C)Nc2ccc(Cl)c(C(=O)O)c2)c(C)s1. The van der Waals surface area contributed by atoms with Crippen LogP contribution >= 0.6 is 22.9 Å². The molecule has 0 aliphatic rings. The summed E-state index contributed by atoms with van der Waals surface area (Å²) in [5.41, 5.74) is 1.79. The Bertz CT molecular complexity index is 655. The second-order valence-electron chi connectivity index (χ2n) is 4.54. The molecule has 1 atom stereocenters. The molecule has 106 valence electrons. The molecule has 20 heavy (non-hydrogen) atoms. The van der Waals surface area contributed by atoms with Crippen LogP contribution in [-0.4, -0.2) is 16.1 Å². The van der Waals surface area contributed by atoms with E-state index in [4.69, 9.17) is 16.7 Å². The molecule has 0 spiro atoms. The van der Waals surface area contributed by atoms with Crippen molar-refractivity contribution in [2.75, 3.05) is 5.32 Å². The average molecular weight is 311 g/mol. The quantitative estimate of drug-likeness (QED) is 0.884. The molecule has 0 amide bonds. The first-order valence-corrected chi connectivity index (χ1v) is 7.31. The molecule has 0 aliphatic heterocycles. The first-order valence-electron chi connectivity index (χ1n) is 6.11. The van der Waals surface area contributed by atoms with Crippen molar-refractivity contribution in [2.24, 2.45) is 0 Å². The highest BCUT2D eigenvalue weighted by molar-refractivity contribution is 7.11. The lowest BCUT2D eigenvalue weighted by Crippen LogP contribution is -2.09. The smallest absolute Gasteiger partial charge is 0.337 e. The highest BCUT2D eigenvalue weighted by Crippen LogP contribution is 2.27. The molecule has 1 unspecified atom stereocenters. The van der Waals surface area contributed by atoms with E-state index in [0.717, 1.165) is 15.6 Å². The zero-order chi connectivity index (χ0) is 14.9. The number of carbonyl (C=O) groups is 1. The Morgan fingerprint density at radius 2 is 2.15 bits per heavy atom. The summed E-state index contributed by atoms with van der Waals surface area (Å²) in [5, 5.41) is 13.6. The third-order valence-corrected chi connectivity index (χ3v) is 4.16. The van der Waals surface area contributed by atoms with Crippen LogP contribution in [0, 0.1) is 13.8 Å². The second-order valence-corrected chi connectivity index (χ2v) is 6.35. The molecular formula is C14H15ClN2O2S. The maximum Gasteiger partial charge on any atom is 0.337 e. The summed E-state index contributed by atoms with van der Waals surface area (Å²) in [6.45, 7) is 6.00. The van der Waals surface area contributed by atoms with Crippen LogP contribution in [0.1, 0.15) is 38.9 Å². The van der Waals surface area contributed by atoms with Gasteiger partial charge in [-0.1, -0.05) is 11.6 Å². The van der Waals surface area contributed by atoms with E-state index in [1.807, 2.05) is 20.8 Å². The van der Waals surface area contributed by atoms with E-state index in [1.54, 1.807) is 23.5 Å². The van der Waals surface area contributed by atoms with Gasteiger partial charge >= 0.3 is 5.97 Å². The van der Waals surface area contributed by atoms with Crippen molar-refractivity contribution in [3.63, 3.8) is 0 Å². The third-order valence-electron chi connectivity index (χ3n) is 2.93. The molecule has 0 saturated carbocycles. The van der Waals surface area contributed by atoms with Gasteiger partial charge in [-0.15, -0.1) is 11.3 Å². The van der Waals surface area contributed by atoms with Gasteiger partial charge in [0.15, 0.2) is 0 Å². The fourth-order valence-corrected chi connectivity index (χ4v) is 3.16. The molecular weight excluding hydrogens is 296 g/mol. The van der Waals surface area contributed by atoms with Crippen LogP contribution in [0.3, 0.4) is 0 Å². The summed E-state index contributed by atoms with van der Waals surface area (Å²) < 4.78 is 0. The highest BCUT2D eigenvalue weighted by atomic mass is 35.5. The van der Waals surface area contributed by atoms with Gasteiger partial charge in [0.2, 0.25) is 0 Å². The van der Waals surface area contributed by atoms with Crippen LogP contribution in [0.4, 0.5) is 5.69 Å². The largest absolute Gasteiger partial charge is 0.478 e. The van der Waals surface area contributed by atoms with E-state index in [2.05, 4.69) is 10.3 Å². The number of nitrogens with one attached hydrogen (secondary N) is 1. The number of benzene rings is 1. The summed E-state index contributed by atoms with van der Waals surface area (Å²) in [7, 11) is 0. The summed E-state index contributed by atoms with van der Waals surface area (Å²) >= 11 is 7.51. The van der Waals surface area contributed by atoms with Gasteiger partial charge in [0.25, 0.3) is 0 Å². The Hall–Kier alpha value is -1.59. The molecule has 4 nitrogen and oxygen atoms in total. The van der Waals surface area contributed by atoms with Crippen LogP contribution in [0.2, 0.25) is 5.02 Å². The molecule has 0 saturated heterocycles. The first-order chi connectivity index (χ1) is 9.38. The monoisotopic (exact) mass is 310 g/mol. The molecule has 0 radical (unpaired) electrons. The van der Waals surface area contributed by atoms with Gasteiger partial charge in [-0.25, -0.2) is 9.78 Å². The van der Waals surface area contributed by atoms with Crippen molar-refractivity contribution in [1.29, 1.82) is 0 Å². The fraction of sp³-hybridized carbons (Fsp3) is 0.286. The van der Waals surface area contributed by atoms with Gasteiger partial charge in [0.05, 0.1) is 27.3 Å². The molecule has 2 aromatic rings. The number of aromatic nitrogens is 1. The number of aryl methyl sites for hydroxylation is 2. The molecule has 0 bridgehead atoms. The zero-order valence-electron chi connectivity index (χ0n) is 11.4. The summed E-state index contributed by atoms with van der Waals surface area (Å²) in [5.74, 6) is -1.04. The maximum absolute atomic E-state index is 11.1. The molecule has 0 aliphatic carbocycles. The molecule has 2 rings (SSSR count). The standard InChI is InChI=1S/C14H15ClN2O2S/c1-7(13-8(2)20-9(3)17-13)16-10-4-5-12(15)11(6-10)14(18)19/h4-7,16H,1-3H3,(H,18,19). The Labute approximate surface area is 126 Å². The normalized spacial score (nSPS) is 12.2. The molecule has 2 N–H and O–H groups in total. The van der Waals surface area contributed by atoms with Gasteiger partial charge in [-0.2, -0.15) is 0 Å². The van der Waals surface area contributed by atoms with Gasteiger partial charge in [0.1, 0.15) is 0 Å². The van der Waals surface area contributed by atoms with E-state index < -0.39 is 5.97 Å². The first kappa shape index (κ1) is 14.8. The van der Waals surface area contributed by atoms with Gasteiger partial charge in [0, 0.05) is 10.6 Å². The van der Waals surface area contributed by atoms with Crippen LogP contribution in [0.25, 0.3) is 0 Å². The molecule has 1 aromatic carbocycles. The lowest BCUT2D eigenvalue weighted by molar-refractivity contribution is 0.0697. The number of halogens is 1. The van der Waals surface area contributed by atoms with Crippen molar-refractivity contribution < 1.29 is 9.90 Å². The van der Waals surface area contributed by atoms with Crippen LogP contribution < -0.4 is 5.32 Å². The van der Waals surface area contributed by atoms with Crippen molar-refractivity contribution in [2.45, 2.75) is 26.8 Å². The van der Waals surface area contributed by atoms with Crippen molar-refractivity contribution >= 4 is 34.6 Å². The van der Waals surface area contributed by atoms with Crippen molar-refractivity contribution in [1.82, 2.24) is 4.98 Å². The number of carboxylic acids is 1. The highest BCUT2D eigenvalue weighted by Gasteiger charge is 2.15. The molecule has 6 heteroatoms. The number of aromatic carboxylic acids is 1. The number of hydrogen-bond donors (Lipinski definition) is 2. The lowest BCUT2D eigenvalue weighted by Gasteiger charge is -2.15. The minimum atomic E-state index is -1.04. The van der Waals surface area contributed by atoms with E-state index in [0.29, 0.717) is 5.69 Å². The number of anilines is 1. The molecule has 1 heterocycles. The summed E-state index contributed by atoms with van der Waals surface area (Å²) in [4.78, 5) is 16.7. The van der Waals surface area contributed by atoms with Crippen LogP contribution in [-0.2, 0) is 0 Å². The van der Waals surface area contributed by atoms with Gasteiger partial charge in [-0.05, 0) is 39.0 Å². The minimum absolute atomic E-state index is 0.00257. The van der Waals surface area contributed by atoms with E-state index in [-0.39, 0.29) is 16.6 Å². The number of hydrogen-bond acceptors (Lipinski definition) is 4. The second kappa shape index (κ2) is 5.81. The molecule has 1 aromatic heterocycles. The zero-order valence-corrected chi connectivity index (χ0v) is 13.0. The fourth-order valence-electron chi connectivity index (χ4n) is 2.04. The number of rotatable bonds is 4. The maximum atomic E-state index is 11.1. The summed E-state index contributed by atoms with van der Waals surface area (Å²) in [6.07, 6.45) is 0. The van der Waals surface area contributed by atoms with E-state index in [1.165, 1.54) is 6.07 Å². The number of carboxylic acid groups (broad SMARTS) is 1. The lowest BCUT2D eigenvalue weighted by atomic mass is 10.1. The van der Waals surface area contributed by atoms with E-state index in [9.17, 15) is 4.79 Å². The van der Waals surface area contributed by atoms with Crippen LogP contribution in [0.15, 0.2) is 18.2 Å². The predicted molar refractivity (Wildman–Crippen MR) is 82.0 cm³/mol. The average Bonchev–Trinajstić information content (AvgIpc) is 2.70. The Morgan fingerprint density at radius 1 is 1.45 bits per heavy atom. The van der Waals surface area contributed by atoms with E-state index >= 15 is 0 Å². The Kier molecular flexibility index (Phi) is 4.30. The Morgan fingerprint density at radius 3 is 2.70 bits per heavy atom. The topological polar surface area (TPSA) is 62.2 Å². The van der Waals surface area contributed by atoms with Crippen molar-refractivity contribution in [3.8, 4) is 0 Å². The molecule has 0 fully saturated rings. The third kappa shape index (κ3) is 3.11. The Balaban J connectivity index is 2.24. The van der Waals surface area contributed by atoms with Gasteiger partial charge < -0.3 is 10.4 Å². The summed E-state index contributed by atoms with van der Waals surface area (Å²) in [6, 6.07) is 4.89. The minimum Gasteiger partial charge on any atom is -0.478 e. The predicted octanol–water partition coefficient (Wildman–Crippen LogP) is 4.28. The van der Waals surface area contributed by atoms with Crippen molar-refractivity contribution in [3.05, 3.63) is 44.4 Å². The van der Waals surface area contributed by atoms with Crippen LogP contribution in [0.5, 0.6) is 0 Å². The number of thiazole rings is 1. The number of nitrogens with zero attached hydrogens (tertiary/aromatic N) is 1. The van der Waals surface area contributed by atoms with Gasteiger partial charge in [-0.3, -0.25) is 0 Å².